The molecule has 0 saturated heterocycles. The molecular formula is C14H15BrN4O3. The number of hydrazone groups is 1. The third kappa shape index (κ3) is 3.64. The van der Waals surface area contributed by atoms with E-state index in [1.165, 1.54) is 6.21 Å². The second kappa shape index (κ2) is 7.08. The Morgan fingerprint density at radius 1 is 1.36 bits per heavy atom. The van der Waals surface area contributed by atoms with Crippen LogP contribution < -0.4 is 14.9 Å². The molecule has 0 aliphatic rings. The molecule has 0 bridgehead atoms. The van der Waals surface area contributed by atoms with Gasteiger partial charge in [0, 0.05) is 5.69 Å². The number of carbonyl (C=O) groups excluding carboxylic acids is 1. The molecule has 0 aliphatic carbocycles. The first kappa shape index (κ1) is 16.0. The lowest BCUT2D eigenvalue weighted by molar-refractivity contribution is 0.0950. The fraction of sp³-hybridized carbons (Fsp3) is 0.214. The van der Waals surface area contributed by atoms with Gasteiger partial charge < -0.3 is 9.47 Å². The summed E-state index contributed by atoms with van der Waals surface area (Å²) in [4.78, 5) is 11.8. The molecule has 0 fully saturated rings. The molecule has 0 spiro atoms. The summed E-state index contributed by atoms with van der Waals surface area (Å²) in [5.74, 6) is 0.767. The van der Waals surface area contributed by atoms with E-state index >= 15 is 0 Å². The van der Waals surface area contributed by atoms with Crippen molar-refractivity contribution >= 4 is 28.1 Å². The SMILES string of the molecule is COc1cc(/C=N/NC(=O)c2cc(C)[nH]n2)cc(Br)c1OC. The Morgan fingerprint density at radius 3 is 2.73 bits per heavy atom. The highest BCUT2D eigenvalue weighted by Crippen LogP contribution is 2.35. The molecule has 0 aliphatic heterocycles. The first-order chi connectivity index (χ1) is 10.5. The fourth-order valence-electron chi connectivity index (χ4n) is 1.77. The van der Waals surface area contributed by atoms with E-state index in [9.17, 15) is 4.79 Å². The number of ether oxygens (including phenoxy) is 2. The molecule has 116 valence electrons. The minimum atomic E-state index is -0.389. The van der Waals surface area contributed by atoms with Crippen LogP contribution in [-0.2, 0) is 0 Å². The Bertz CT molecular complexity index is 712. The maximum Gasteiger partial charge on any atom is 0.291 e. The lowest BCUT2D eigenvalue weighted by Gasteiger charge is -2.10. The number of H-pyrrole nitrogens is 1. The second-order valence-corrected chi connectivity index (χ2v) is 5.23. The van der Waals surface area contributed by atoms with Crippen LogP contribution in [0.2, 0.25) is 0 Å². The van der Waals surface area contributed by atoms with E-state index in [0.29, 0.717) is 11.5 Å². The number of halogens is 1. The van der Waals surface area contributed by atoms with Crippen LogP contribution in [0.4, 0.5) is 0 Å². The summed E-state index contributed by atoms with van der Waals surface area (Å²) < 4.78 is 11.2. The molecule has 2 N–H and O–H groups in total. The van der Waals surface area contributed by atoms with Crippen molar-refractivity contribution in [1.82, 2.24) is 15.6 Å². The Hall–Kier alpha value is -2.35. The number of hydrogen-bond acceptors (Lipinski definition) is 5. The number of hydrogen-bond donors (Lipinski definition) is 2. The van der Waals surface area contributed by atoms with Gasteiger partial charge in [0.1, 0.15) is 0 Å². The van der Waals surface area contributed by atoms with Gasteiger partial charge in [0.2, 0.25) is 0 Å². The lowest BCUT2D eigenvalue weighted by Crippen LogP contribution is -2.18. The zero-order valence-electron chi connectivity index (χ0n) is 12.3. The standard InChI is InChI=1S/C14H15BrN4O3/c1-8-4-11(18-17-8)14(20)19-16-7-9-5-10(15)13(22-3)12(6-9)21-2/h4-7H,1-3H3,(H,17,18)(H,19,20)/b16-7+. The first-order valence-corrected chi connectivity index (χ1v) is 7.11. The quantitative estimate of drug-likeness (QED) is 0.627. The van der Waals surface area contributed by atoms with Crippen molar-refractivity contribution in [2.45, 2.75) is 6.92 Å². The third-order valence-corrected chi connectivity index (χ3v) is 3.36. The molecule has 1 heterocycles. The average Bonchev–Trinajstić information content (AvgIpc) is 2.93. The summed E-state index contributed by atoms with van der Waals surface area (Å²) >= 11 is 3.39. The molecule has 0 saturated carbocycles. The Labute approximate surface area is 135 Å². The number of benzene rings is 1. The van der Waals surface area contributed by atoms with Crippen LogP contribution in [0.15, 0.2) is 27.8 Å². The number of nitrogens with zero attached hydrogens (tertiary/aromatic N) is 2. The lowest BCUT2D eigenvalue weighted by atomic mass is 10.2. The summed E-state index contributed by atoms with van der Waals surface area (Å²) in [5.41, 5.74) is 4.23. The molecule has 1 aromatic heterocycles. The van der Waals surface area contributed by atoms with Gasteiger partial charge in [0.05, 0.1) is 24.9 Å². The summed E-state index contributed by atoms with van der Waals surface area (Å²) in [6, 6.07) is 5.19. The zero-order chi connectivity index (χ0) is 16.1. The number of rotatable bonds is 5. The van der Waals surface area contributed by atoms with Crippen molar-refractivity contribution in [3.05, 3.63) is 39.6 Å². The maximum atomic E-state index is 11.8. The van der Waals surface area contributed by atoms with Crippen LogP contribution in [0.1, 0.15) is 21.7 Å². The van der Waals surface area contributed by atoms with Crippen molar-refractivity contribution in [1.29, 1.82) is 0 Å². The number of aromatic amines is 1. The topological polar surface area (TPSA) is 88.6 Å². The highest BCUT2D eigenvalue weighted by molar-refractivity contribution is 9.10. The highest BCUT2D eigenvalue weighted by Gasteiger charge is 2.10. The van der Waals surface area contributed by atoms with Crippen LogP contribution in [0.25, 0.3) is 0 Å². The fourth-order valence-corrected chi connectivity index (χ4v) is 2.39. The van der Waals surface area contributed by atoms with Gasteiger partial charge in [-0.3, -0.25) is 9.89 Å². The molecule has 0 radical (unpaired) electrons. The Morgan fingerprint density at radius 2 is 2.14 bits per heavy atom. The number of methoxy groups -OCH3 is 2. The maximum absolute atomic E-state index is 11.8. The van der Waals surface area contributed by atoms with Gasteiger partial charge in [0.15, 0.2) is 17.2 Å². The number of amides is 1. The molecule has 8 heteroatoms. The van der Waals surface area contributed by atoms with E-state index in [1.54, 1.807) is 32.4 Å². The van der Waals surface area contributed by atoms with Crippen LogP contribution >= 0.6 is 15.9 Å². The van der Waals surface area contributed by atoms with E-state index in [0.717, 1.165) is 15.7 Å². The summed E-state index contributed by atoms with van der Waals surface area (Å²) in [6.07, 6.45) is 1.50. The zero-order valence-corrected chi connectivity index (χ0v) is 13.9. The average molecular weight is 367 g/mol. The molecule has 0 unspecified atom stereocenters. The van der Waals surface area contributed by atoms with E-state index in [-0.39, 0.29) is 11.6 Å². The summed E-state index contributed by atoms with van der Waals surface area (Å²) in [6.45, 7) is 1.81. The minimum Gasteiger partial charge on any atom is -0.493 e. The third-order valence-electron chi connectivity index (χ3n) is 2.77. The van der Waals surface area contributed by atoms with Crippen LogP contribution in [0, 0.1) is 6.92 Å². The molecule has 2 rings (SSSR count). The van der Waals surface area contributed by atoms with Crippen LogP contribution in [0.3, 0.4) is 0 Å². The van der Waals surface area contributed by atoms with Gasteiger partial charge in [-0.15, -0.1) is 0 Å². The van der Waals surface area contributed by atoms with Crippen molar-refractivity contribution in [2.24, 2.45) is 5.10 Å². The van der Waals surface area contributed by atoms with Gasteiger partial charge >= 0.3 is 0 Å². The largest absolute Gasteiger partial charge is 0.493 e. The summed E-state index contributed by atoms with van der Waals surface area (Å²) in [5, 5.41) is 10.4. The molecule has 0 atom stereocenters. The predicted molar refractivity (Wildman–Crippen MR) is 85.6 cm³/mol. The Kier molecular flexibility index (Phi) is 5.16. The number of carbonyl (C=O) groups is 1. The van der Waals surface area contributed by atoms with Gasteiger partial charge in [-0.1, -0.05) is 0 Å². The van der Waals surface area contributed by atoms with Crippen LogP contribution in [-0.4, -0.2) is 36.5 Å². The van der Waals surface area contributed by atoms with Gasteiger partial charge in [-0.25, -0.2) is 5.43 Å². The Balaban J connectivity index is 2.10. The molecule has 1 aromatic carbocycles. The number of nitrogens with one attached hydrogen (secondary N) is 2. The monoisotopic (exact) mass is 366 g/mol. The molecule has 1 amide bonds. The molecule has 7 nitrogen and oxygen atoms in total. The van der Waals surface area contributed by atoms with E-state index in [1.807, 2.05) is 6.92 Å². The highest BCUT2D eigenvalue weighted by atomic mass is 79.9. The number of aromatic nitrogens is 2. The van der Waals surface area contributed by atoms with Crippen molar-refractivity contribution in [3.63, 3.8) is 0 Å². The van der Waals surface area contributed by atoms with Gasteiger partial charge in [-0.2, -0.15) is 10.2 Å². The van der Waals surface area contributed by atoms with Crippen molar-refractivity contribution in [3.8, 4) is 11.5 Å². The minimum absolute atomic E-state index is 0.281. The van der Waals surface area contributed by atoms with E-state index in [2.05, 4.69) is 36.7 Å². The summed E-state index contributed by atoms with van der Waals surface area (Å²) in [7, 11) is 3.11. The second-order valence-electron chi connectivity index (χ2n) is 4.37. The molecule has 2 aromatic rings. The normalized spacial score (nSPS) is 10.7. The molecule has 22 heavy (non-hydrogen) atoms. The van der Waals surface area contributed by atoms with Crippen molar-refractivity contribution < 1.29 is 14.3 Å². The first-order valence-electron chi connectivity index (χ1n) is 6.32. The van der Waals surface area contributed by atoms with E-state index in [4.69, 9.17) is 9.47 Å². The van der Waals surface area contributed by atoms with Crippen molar-refractivity contribution in [2.75, 3.05) is 14.2 Å². The molecular weight excluding hydrogens is 352 g/mol. The predicted octanol–water partition coefficient (Wildman–Crippen LogP) is 2.26. The van der Waals surface area contributed by atoms with Gasteiger partial charge in [0.25, 0.3) is 5.91 Å². The number of aryl methyl sites for hydroxylation is 1. The van der Waals surface area contributed by atoms with Gasteiger partial charge in [-0.05, 0) is 46.6 Å². The smallest absolute Gasteiger partial charge is 0.291 e. The van der Waals surface area contributed by atoms with Crippen LogP contribution in [0.5, 0.6) is 11.5 Å². The van der Waals surface area contributed by atoms with E-state index < -0.39 is 0 Å².